The van der Waals surface area contributed by atoms with Gasteiger partial charge >= 0.3 is 5.97 Å². The zero-order chi connectivity index (χ0) is 15.4. The van der Waals surface area contributed by atoms with Crippen LogP contribution in [-0.2, 0) is 11.3 Å². The van der Waals surface area contributed by atoms with Gasteiger partial charge in [-0.1, -0.05) is 33.6 Å². The van der Waals surface area contributed by atoms with Crippen molar-refractivity contribution in [3.05, 3.63) is 57.0 Å². The Kier molecular flexibility index (Phi) is 5.09. The van der Waals surface area contributed by atoms with Crippen molar-refractivity contribution in [1.82, 2.24) is 0 Å². The lowest BCUT2D eigenvalue weighted by Gasteiger charge is -2.12. The van der Waals surface area contributed by atoms with Crippen LogP contribution in [0.5, 0.6) is 5.75 Å². The van der Waals surface area contributed by atoms with Gasteiger partial charge in [-0.2, -0.15) is 0 Å². The zero-order valence-corrected chi connectivity index (χ0v) is 13.6. The molecule has 2 aromatic carbocycles. The number of methoxy groups -OCH3 is 1. The van der Waals surface area contributed by atoms with Gasteiger partial charge in [-0.05, 0) is 30.3 Å². The average molecular weight is 371 g/mol. The fourth-order valence-corrected chi connectivity index (χ4v) is 2.47. The maximum absolute atomic E-state index is 11.7. The highest BCUT2D eigenvalue weighted by molar-refractivity contribution is 9.10. The number of carbonyl (C=O) groups is 1. The van der Waals surface area contributed by atoms with E-state index < -0.39 is 5.97 Å². The molecule has 2 rings (SSSR count). The second-order valence-corrected chi connectivity index (χ2v) is 5.59. The summed E-state index contributed by atoms with van der Waals surface area (Å²) in [5.41, 5.74) is 7.24. The predicted octanol–water partition coefficient (Wildman–Crippen LogP) is 4.05. The van der Waals surface area contributed by atoms with Crippen LogP contribution in [-0.4, -0.2) is 13.1 Å². The van der Waals surface area contributed by atoms with Crippen LogP contribution < -0.4 is 10.5 Å². The third-order valence-electron chi connectivity index (χ3n) is 2.81. The van der Waals surface area contributed by atoms with E-state index in [4.69, 9.17) is 26.8 Å². The number of nitrogens with two attached hydrogens (primary N) is 1. The van der Waals surface area contributed by atoms with Gasteiger partial charge in [-0.15, -0.1) is 0 Å². The predicted molar refractivity (Wildman–Crippen MR) is 85.7 cm³/mol. The van der Waals surface area contributed by atoms with Crippen molar-refractivity contribution in [3.63, 3.8) is 0 Å². The highest BCUT2D eigenvalue weighted by Crippen LogP contribution is 2.26. The highest BCUT2D eigenvalue weighted by Gasteiger charge is 2.14. The Balaban J connectivity index is 2.21. The Morgan fingerprint density at radius 2 is 2.05 bits per heavy atom. The van der Waals surface area contributed by atoms with Crippen molar-refractivity contribution in [1.29, 1.82) is 0 Å². The molecule has 2 aromatic rings. The van der Waals surface area contributed by atoms with E-state index in [1.807, 2.05) is 12.1 Å². The number of anilines is 1. The van der Waals surface area contributed by atoms with Gasteiger partial charge in [0.25, 0.3) is 0 Å². The third-order valence-corrected chi connectivity index (χ3v) is 3.65. The SMILES string of the molecule is COC(=O)c1cc(N)ccc1OCc1ccc(Br)cc1Cl. The van der Waals surface area contributed by atoms with Crippen LogP contribution in [0.25, 0.3) is 0 Å². The van der Waals surface area contributed by atoms with E-state index in [2.05, 4.69) is 15.9 Å². The fraction of sp³-hybridized carbons (Fsp3) is 0.133. The minimum absolute atomic E-state index is 0.236. The van der Waals surface area contributed by atoms with Crippen molar-refractivity contribution < 1.29 is 14.3 Å². The van der Waals surface area contributed by atoms with Gasteiger partial charge in [-0.25, -0.2) is 4.79 Å². The Morgan fingerprint density at radius 1 is 1.29 bits per heavy atom. The van der Waals surface area contributed by atoms with Crippen molar-refractivity contribution in [2.75, 3.05) is 12.8 Å². The maximum Gasteiger partial charge on any atom is 0.341 e. The number of nitrogen functional groups attached to an aromatic ring is 1. The van der Waals surface area contributed by atoms with Gasteiger partial charge < -0.3 is 15.2 Å². The van der Waals surface area contributed by atoms with E-state index in [9.17, 15) is 4.79 Å². The second kappa shape index (κ2) is 6.83. The summed E-state index contributed by atoms with van der Waals surface area (Å²) in [5, 5.41) is 0.583. The number of esters is 1. The number of rotatable bonds is 4. The Morgan fingerprint density at radius 3 is 2.71 bits per heavy atom. The fourth-order valence-electron chi connectivity index (χ4n) is 1.74. The first kappa shape index (κ1) is 15.7. The van der Waals surface area contributed by atoms with E-state index in [-0.39, 0.29) is 12.2 Å². The van der Waals surface area contributed by atoms with Gasteiger partial charge in [0.2, 0.25) is 0 Å². The minimum Gasteiger partial charge on any atom is -0.488 e. The maximum atomic E-state index is 11.7. The Labute approximate surface area is 135 Å². The quantitative estimate of drug-likeness (QED) is 0.651. The van der Waals surface area contributed by atoms with Gasteiger partial charge in [0.15, 0.2) is 0 Å². The van der Waals surface area contributed by atoms with Crippen LogP contribution >= 0.6 is 27.5 Å². The van der Waals surface area contributed by atoms with Crippen molar-refractivity contribution >= 4 is 39.2 Å². The number of carbonyl (C=O) groups excluding carboxylic acids is 1. The largest absolute Gasteiger partial charge is 0.488 e. The number of ether oxygens (including phenoxy) is 2. The molecule has 0 fully saturated rings. The van der Waals surface area contributed by atoms with Crippen LogP contribution in [0.15, 0.2) is 40.9 Å². The van der Waals surface area contributed by atoms with Crippen LogP contribution in [0.1, 0.15) is 15.9 Å². The molecule has 110 valence electrons. The number of hydrogen-bond donors (Lipinski definition) is 1. The molecule has 0 atom stereocenters. The molecule has 0 aliphatic heterocycles. The summed E-state index contributed by atoms with van der Waals surface area (Å²) >= 11 is 9.47. The average Bonchev–Trinajstić information content (AvgIpc) is 2.46. The first-order valence-electron chi connectivity index (χ1n) is 6.06. The monoisotopic (exact) mass is 369 g/mol. The lowest BCUT2D eigenvalue weighted by atomic mass is 10.1. The van der Waals surface area contributed by atoms with Crippen LogP contribution in [0.3, 0.4) is 0 Å². The molecule has 0 radical (unpaired) electrons. The number of hydrogen-bond acceptors (Lipinski definition) is 4. The van der Waals surface area contributed by atoms with E-state index in [0.717, 1.165) is 10.0 Å². The summed E-state index contributed by atoms with van der Waals surface area (Å²) in [4.78, 5) is 11.7. The smallest absolute Gasteiger partial charge is 0.341 e. The minimum atomic E-state index is -0.501. The van der Waals surface area contributed by atoms with Crippen LogP contribution in [0.2, 0.25) is 5.02 Å². The van der Waals surface area contributed by atoms with Crippen molar-refractivity contribution in [2.24, 2.45) is 0 Å². The standard InChI is InChI=1S/C15H13BrClNO3/c1-20-15(19)12-7-11(18)4-5-14(12)21-8-9-2-3-10(16)6-13(9)17/h2-7H,8,18H2,1H3. The molecule has 0 saturated carbocycles. The summed E-state index contributed by atoms with van der Waals surface area (Å²) < 4.78 is 11.3. The molecule has 21 heavy (non-hydrogen) atoms. The third kappa shape index (κ3) is 3.89. The molecule has 0 aromatic heterocycles. The summed E-state index contributed by atoms with van der Waals surface area (Å²) in [7, 11) is 1.31. The molecule has 2 N–H and O–H groups in total. The number of halogens is 2. The molecule has 0 aliphatic rings. The van der Waals surface area contributed by atoms with E-state index >= 15 is 0 Å². The molecule has 0 saturated heterocycles. The molecular weight excluding hydrogens is 358 g/mol. The number of benzene rings is 2. The summed E-state index contributed by atoms with van der Waals surface area (Å²) in [6.45, 7) is 0.236. The molecule has 0 unspecified atom stereocenters. The first-order valence-corrected chi connectivity index (χ1v) is 7.23. The van der Waals surface area contributed by atoms with Crippen LogP contribution in [0, 0.1) is 0 Å². The molecular formula is C15H13BrClNO3. The molecule has 4 nitrogen and oxygen atoms in total. The van der Waals surface area contributed by atoms with Crippen molar-refractivity contribution in [2.45, 2.75) is 6.61 Å². The summed E-state index contributed by atoms with van der Waals surface area (Å²) in [5.74, 6) is -0.103. The van der Waals surface area contributed by atoms with Gasteiger partial charge in [0.1, 0.15) is 17.9 Å². The molecule has 0 aliphatic carbocycles. The molecule has 0 spiro atoms. The van der Waals surface area contributed by atoms with E-state index in [1.54, 1.807) is 18.2 Å². The molecule has 0 heterocycles. The first-order chi connectivity index (χ1) is 10.0. The molecule has 0 bridgehead atoms. The van der Waals surface area contributed by atoms with E-state index in [0.29, 0.717) is 16.5 Å². The second-order valence-electron chi connectivity index (χ2n) is 4.27. The highest BCUT2D eigenvalue weighted by atomic mass is 79.9. The topological polar surface area (TPSA) is 61.5 Å². The lowest BCUT2D eigenvalue weighted by Crippen LogP contribution is -2.07. The lowest BCUT2D eigenvalue weighted by molar-refractivity contribution is 0.0595. The van der Waals surface area contributed by atoms with Gasteiger partial charge in [-0.3, -0.25) is 0 Å². The molecule has 0 amide bonds. The summed E-state index contributed by atoms with van der Waals surface area (Å²) in [6, 6.07) is 10.3. The summed E-state index contributed by atoms with van der Waals surface area (Å²) in [6.07, 6.45) is 0. The van der Waals surface area contributed by atoms with E-state index in [1.165, 1.54) is 13.2 Å². The van der Waals surface area contributed by atoms with Gasteiger partial charge in [0.05, 0.1) is 7.11 Å². The van der Waals surface area contributed by atoms with Crippen LogP contribution in [0.4, 0.5) is 5.69 Å². The molecule has 6 heteroatoms. The van der Waals surface area contributed by atoms with Gasteiger partial charge in [0, 0.05) is 20.7 Å². The van der Waals surface area contributed by atoms with Crippen molar-refractivity contribution in [3.8, 4) is 5.75 Å². The normalized spacial score (nSPS) is 10.2. The Bertz CT molecular complexity index is 676. The zero-order valence-electron chi connectivity index (χ0n) is 11.2. The Hall–Kier alpha value is -1.72.